The Kier molecular flexibility index (Phi) is 3.94. The van der Waals surface area contributed by atoms with Gasteiger partial charge in [-0.2, -0.15) is 11.3 Å². The Labute approximate surface area is 128 Å². The van der Waals surface area contributed by atoms with Gasteiger partial charge in [0.2, 0.25) is 0 Å². The van der Waals surface area contributed by atoms with Crippen LogP contribution < -0.4 is 74.3 Å². The van der Waals surface area contributed by atoms with Crippen LogP contribution in [0, 0.1) is 0 Å². The summed E-state index contributed by atoms with van der Waals surface area (Å²) < 4.78 is 1.18. The molecule has 2 heterocycles. The van der Waals surface area contributed by atoms with Crippen molar-refractivity contribution in [2.45, 2.75) is 0 Å². The third-order valence-corrected chi connectivity index (χ3v) is 1.80. The van der Waals surface area contributed by atoms with Crippen molar-refractivity contribution in [1.29, 1.82) is 0 Å². The van der Waals surface area contributed by atoms with Gasteiger partial charge >= 0.3 is 58.2 Å². The summed E-state index contributed by atoms with van der Waals surface area (Å²) in [4.78, 5) is 25.8. The minimum Gasteiger partial charge on any atom is -0.629 e. The molecule has 0 aromatic carbocycles. The molecule has 2 aromatic rings. The fourth-order valence-electron chi connectivity index (χ4n) is 1.11. The molecule has 0 amide bonds. The fraction of sp³-hybridized carbons (Fsp3) is 0.125. The molecule has 0 atom stereocenters. The van der Waals surface area contributed by atoms with Gasteiger partial charge in [0, 0.05) is 7.05 Å². The SMILES string of the molecule is Cn1ncc2c[n-]c(=O)cc2c1=O.[Rb+]. The largest absolute Gasteiger partial charge is 1.00 e. The average molecular weight is 262 g/mol. The summed E-state index contributed by atoms with van der Waals surface area (Å²) in [6.07, 6.45) is 2.86. The summed E-state index contributed by atoms with van der Waals surface area (Å²) in [5.41, 5.74) is -0.687. The maximum Gasteiger partial charge on any atom is 1.00 e. The number of nitrogens with zero attached hydrogens (tertiary/aromatic N) is 3. The second-order valence-electron chi connectivity index (χ2n) is 2.68. The first kappa shape index (κ1) is 12.0. The molecular weight excluding hydrogens is 256 g/mol. The molecule has 5 nitrogen and oxygen atoms in total. The van der Waals surface area contributed by atoms with Crippen molar-refractivity contribution >= 4 is 10.8 Å². The molecule has 0 unspecified atom stereocenters. The van der Waals surface area contributed by atoms with Crippen LogP contribution in [0.15, 0.2) is 28.0 Å². The Balaban J connectivity index is 0.000000980. The molecule has 14 heavy (non-hydrogen) atoms. The Morgan fingerprint density at radius 2 is 2.14 bits per heavy atom. The standard InChI is InChI=1S/C8H7N3O2.Rb/c1-11-8(13)6-2-7(12)9-3-5(6)4-10-11;/h2-4H,1H3,(H,9,10,12);/q;+1/p-1. The molecule has 66 valence electrons. The van der Waals surface area contributed by atoms with E-state index in [1.165, 1.54) is 30.2 Å². The van der Waals surface area contributed by atoms with Gasteiger partial charge in [0.25, 0.3) is 5.56 Å². The normalized spacial score (nSPS) is 9.79. The van der Waals surface area contributed by atoms with Crippen molar-refractivity contribution < 1.29 is 58.2 Å². The van der Waals surface area contributed by atoms with E-state index in [-0.39, 0.29) is 63.7 Å². The minimum absolute atomic E-state index is 0. The maximum absolute atomic E-state index is 11.4. The van der Waals surface area contributed by atoms with E-state index in [1.807, 2.05) is 0 Å². The van der Waals surface area contributed by atoms with Crippen LogP contribution in [0.2, 0.25) is 0 Å². The monoisotopic (exact) mass is 261 g/mol. The van der Waals surface area contributed by atoms with Crippen LogP contribution in [0.4, 0.5) is 0 Å². The molecule has 0 aliphatic rings. The number of hydrogen-bond donors (Lipinski definition) is 0. The van der Waals surface area contributed by atoms with Crippen molar-refractivity contribution in [3.63, 3.8) is 0 Å². The molecule has 0 saturated heterocycles. The Morgan fingerprint density at radius 1 is 1.43 bits per heavy atom. The van der Waals surface area contributed by atoms with E-state index in [1.54, 1.807) is 0 Å². The molecule has 0 N–H and O–H groups in total. The predicted octanol–water partition coefficient (Wildman–Crippen LogP) is -3.75. The second kappa shape index (κ2) is 4.61. The van der Waals surface area contributed by atoms with E-state index in [2.05, 4.69) is 10.1 Å². The van der Waals surface area contributed by atoms with Gasteiger partial charge in [-0.15, -0.1) is 0 Å². The number of fused-ring (bicyclic) bond motifs is 1. The molecule has 0 fully saturated rings. The second-order valence-corrected chi connectivity index (χ2v) is 2.68. The Hall–Kier alpha value is -0.105. The Morgan fingerprint density at radius 3 is 2.86 bits per heavy atom. The van der Waals surface area contributed by atoms with E-state index < -0.39 is 5.56 Å². The third-order valence-electron chi connectivity index (χ3n) is 1.80. The average Bonchev–Trinajstić information content (AvgIpc) is 2.12. The van der Waals surface area contributed by atoms with Crippen molar-refractivity contribution in [1.82, 2.24) is 14.8 Å². The van der Waals surface area contributed by atoms with Crippen molar-refractivity contribution in [2.75, 3.05) is 0 Å². The van der Waals surface area contributed by atoms with Crippen molar-refractivity contribution in [3.8, 4) is 0 Å². The van der Waals surface area contributed by atoms with Crippen LogP contribution in [-0.4, -0.2) is 9.78 Å². The number of hydrogen-bond acceptors (Lipinski definition) is 3. The summed E-state index contributed by atoms with van der Waals surface area (Å²) in [5, 5.41) is 4.74. The third kappa shape index (κ3) is 2.11. The van der Waals surface area contributed by atoms with Gasteiger partial charge in [0.1, 0.15) is 0 Å². The van der Waals surface area contributed by atoms with Crippen LogP contribution in [0.3, 0.4) is 0 Å². The van der Waals surface area contributed by atoms with Gasteiger partial charge < -0.3 is 9.78 Å². The number of aromatic nitrogens is 3. The molecule has 0 radical (unpaired) electrons. The van der Waals surface area contributed by atoms with E-state index in [0.29, 0.717) is 10.8 Å². The van der Waals surface area contributed by atoms with Crippen LogP contribution in [0.25, 0.3) is 10.8 Å². The first-order valence-electron chi connectivity index (χ1n) is 3.67. The summed E-state index contributed by atoms with van der Waals surface area (Å²) >= 11 is 0. The van der Waals surface area contributed by atoms with Gasteiger partial charge in [-0.1, -0.05) is 0 Å². The zero-order chi connectivity index (χ0) is 9.42. The van der Waals surface area contributed by atoms with Gasteiger partial charge in [0.05, 0.1) is 17.1 Å². The maximum atomic E-state index is 11.4. The van der Waals surface area contributed by atoms with Crippen molar-refractivity contribution in [2.24, 2.45) is 7.05 Å². The molecular formula is C8H6N3O2Rb. The zero-order valence-electron chi connectivity index (χ0n) is 7.89. The quantitative estimate of drug-likeness (QED) is 0.489. The summed E-state index contributed by atoms with van der Waals surface area (Å²) in [6.45, 7) is 0. The van der Waals surface area contributed by atoms with Crippen molar-refractivity contribution in [3.05, 3.63) is 39.2 Å². The Bertz CT molecular complexity index is 573. The van der Waals surface area contributed by atoms with E-state index in [4.69, 9.17) is 0 Å². The van der Waals surface area contributed by atoms with Crippen LogP contribution in [-0.2, 0) is 7.05 Å². The number of pyridine rings is 1. The van der Waals surface area contributed by atoms with Crippen LogP contribution in [0.5, 0.6) is 0 Å². The molecule has 0 aliphatic carbocycles. The predicted molar refractivity (Wildman–Crippen MR) is 46.6 cm³/mol. The number of aryl methyl sites for hydroxylation is 1. The topological polar surface area (TPSA) is 66.1 Å². The molecule has 2 rings (SSSR count). The van der Waals surface area contributed by atoms with Gasteiger partial charge in [0.15, 0.2) is 0 Å². The van der Waals surface area contributed by atoms with Gasteiger partial charge in [-0.25, -0.2) is 4.68 Å². The van der Waals surface area contributed by atoms with E-state index in [9.17, 15) is 9.59 Å². The molecule has 0 aliphatic heterocycles. The zero-order valence-corrected chi connectivity index (χ0v) is 12.8. The molecule has 0 saturated carbocycles. The summed E-state index contributed by atoms with van der Waals surface area (Å²) in [6, 6.07) is 1.22. The first-order valence-corrected chi connectivity index (χ1v) is 3.67. The summed E-state index contributed by atoms with van der Waals surface area (Å²) in [5.74, 6) is 0. The molecule has 6 heteroatoms. The van der Waals surface area contributed by atoms with E-state index >= 15 is 0 Å². The van der Waals surface area contributed by atoms with Crippen LogP contribution in [0.1, 0.15) is 0 Å². The summed E-state index contributed by atoms with van der Waals surface area (Å²) in [7, 11) is 1.53. The fourth-order valence-corrected chi connectivity index (χ4v) is 1.11. The minimum atomic E-state index is -0.407. The molecule has 2 aromatic heterocycles. The smallest absolute Gasteiger partial charge is 0.629 e. The van der Waals surface area contributed by atoms with E-state index in [0.717, 1.165) is 0 Å². The van der Waals surface area contributed by atoms with Gasteiger partial charge in [-0.3, -0.25) is 4.79 Å². The van der Waals surface area contributed by atoms with Gasteiger partial charge in [-0.05, 0) is 11.5 Å². The van der Waals surface area contributed by atoms with Crippen LogP contribution >= 0.6 is 0 Å². The molecule has 0 bridgehead atoms. The first-order chi connectivity index (χ1) is 6.18. The number of rotatable bonds is 0. The molecule has 0 spiro atoms.